The Morgan fingerprint density at radius 1 is 1.47 bits per heavy atom. The van der Waals surface area contributed by atoms with Crippen LogP contribution >= 0.6 is 0 Å². The first-order valence-corrected chi connectivity index (χ1v) is 5.99. The highest BCUT2D eigenvalue weighted by Gasteiger charge is 2.54. The van der Waals surface area contributed by atoms with Gasteiger partial charge in [-0.25, -0.2) is 4.98 Å². The maximum Gasteiger partial charge on any atom is 0.195 e. The van der Waals surface area contributed by atoms with Gasteiger partial charge in [-0.1, -0.05) is 6.42 Å². The molecule has 1 N–H and O–H groups in total. The van der Waals surface area contributed by atoms with Crippen molar-refractivity contribution in [3.8, 4) is 0 Å². The lowest BCUT2D eigenvalue weighted by molar-refractivity contribution is 0.437. The van der Waals surface area contributed by atoms with Gasteiger partial charge in [0.15, 0.2) is 5.89 Å². The summed E-state index contributed by atoms with van der Waals surface area (Å²) >= 11 is 0. The van der Waals surface area contributed by atoms with Gasteiger partial charge in [0.1, 0.15) is 5.76 Å². The maximum atomic E-state index is 5.79. The Balaban J connectivity index is 1.64. The third-order valence-electron chi connectivity index (χ3n) is 3.90. The summed E-state index contributed by atoms with van der Waals surface area (Å²) in [5.41, 5.74) is 0. The number of aromatic nitrogens is 1. The molecule has 0 aliphatic heterocycles. The third-order valence-corrected chi connectivity index (χ3v) is 3.90. The van der Waals surface area contributed by atoms with E-state index in [2.05, 4.69) is 10.3 Å². The minimum absolute atomic E-state index is 0.717. The van der Waals surface area contributed by atoms with Gasteiger partial charge in [0.05, 0.1) is 6.20 Å². The second-order valence-corrected chi connectivity index (χ2v) is 4.79. The van der Waals surface area contributed by atoms with Crippen molar-refractivity contribution < 1.29 is 4.42 Å². The third kappa shape index (κ3) is 1.59. The van der Waals surface area contributed by atoms with E-state index in [1.54, 1.807) is 0 Å². The van der Waals surface area contributed by atoms with Crippen LogP contribution in [-0.2, 0) is 6.42 Å². The van der Waals surface area contributed by atoms with Crippen molar-refractivity contribution in [2.24, 2.45) is 11.8 Å². The monoisotopic (exact) mass is 206 g/mol. The predicted octanol–water partition coefficient (Wildman–Crippen LogP) is 1.95. The molecule has 0 bridgehead atoms. The normalized spacial score (nSPS) is 33.0. The van der Waals surface area contributed by atoms with E-state index in [4.69, 9.17) is 4.42 Å². The molecule has 0 spiro atoms. The van der Waals surface area contributed by atoms with Crippen LogP contribution in [0.3, 0.4) is 0 Å². The van der Waals surface area contributed by atoms with E-state index >= 15 is 0 Å². The largest absolute Gasteiger partial charge is 0.445 e. The van der Waals surface area contributed by atoms with Crippen molar-refractivity contribution >= 4 is 0 Å². The van der Waals surface area contributed by atoms with Crippen LogP contribution < -0.4 is 5.32 Å². The molecule has 2 aliphatic carbocycles. The predicted molar refractivity (Wildman–Crippen MR) is 57.7 cm³/mol. The second kappa shape index (κ2) is 3.63. The summed E-state index contributed by atoms with van der Waals surface area (Å²) in [5, 5.41) is 3.11. The Kier molecular flexibility index (Phi) is 2.28. The van der Waals surface area contributed by atoms with Crippen molar-refractivity contribution in [1.82, 2.24) is 10.3 Å². The van der Waals surface area contributed by atoms with Crippen molar-refractivity contribution in [3.05, 3.63) is 17.8 Å². The van der Waals surface area contributed by atoms with E-state index < -0.39 is 0 Å². The molecular formula is C12H18N2O. The van der Waals surface area contributed by atoms with Crippen molar-refractivity contribution in [1.29, 1.82) is 0 Å². The van der Waals surface area contributed by atoms with E-state index in [-0.39, 0.29) is 0 Å². The van der Waals surface area contributed by atoms with Gasteiger partial charge in [-0.05, 0) is 31.7 Å². The molecule has 0 radical (unpaired) electrons. The van der Waals surface area contributed by atoms with Crippen LogP contribution in [0.5, 0.6) is 0 Å². The van der Waals surface area contributed by atoms with Crippen LogP contribution in [0.4, 0.5) is 0 Å². The quantitative estimate of drug-likeness (QED) is 0.818. The molecular weight excluding hydrogens is 188 g/mol. The van der Waals surface area contributed by atoms with Gasteiger partial charge in [-0.3, -0.25) is 0 Å². The van der Waals surface area contributed by atoms with E-state index in [1.807, 2.05) is 13.2 Å². The number of hydrogen-bond acceptors (Lipinski definition) is 3. The van der Waals surface area contributed by atoms with Crippen LogP contribution in [0.1, 0.15) is 36.8 Å². The fourth-order valence-corrected chi connectivity index (χ4v) is 3.07. The minimum Gasteiger partial charge on any atom is -0.445 e. The van der Waals surface area contributed by atoms with Gasteiger partial charge in [-0.2, -0.15) is 0 Å². The number of rotatable bonds is 4. The van der Waals surface area contributed by atoms with Gasteiger partial charge >= 0.3 is 0 Å². The Hall–Kier alpha value is -0.830. The van der Waals surface area contributed by atoms with E-state index in [9.17, 15) is 0 Å². The van der Waals surface area contributed by atoms with Crippen LogP contribution in [0.2, 0.25) is 0 Å². The van der Waals surface area contributed by atoms with Crippen LogP contribution in [0.25, 0.3) is 0 Å². The average molecular weight is 206 g/mol. The van der Waals surface area contributed by atoms with E-state index in [1.165, 1.54) is 19.3 Å². The van der Waals surface area contributed by atoms with Crippen LogP contribution in [0.15, 0.2) is 10.6 Å². The zero-order valence-corrected chi connectivity index (χ0v) is 9.20. The smallest absolute Gasteiger partial charge is 0.195 e. The molecule has 0 aromatic carbocycles. The summed E-state index contributed by atoms with van der Waals surface area (Å²) in [6.07, 6.45) is 7.09. The number of fused-ring (bicyclic) bond motifs is 1. The molecule has 2 atom stereocenters. The summed E-state index contributed by atoms with van der Waals surface area (Å²) in [4.78, 5) is 4.34. The molecule has 0 amide bonds. The molecule has 3 rings (SSSR count). The highest BCUT2D eigenvalue weighted by molar-refractivity contribution is 5.19. The minimum atomic E-state index is 0.717. The lowest BCUT2D eigenvalue weighted by Gasteiger charge is -1.98. The molecule has 15 heavy (non-hydrogen) atoms. The molecule has 2 aliphatic rings. The standard InChI is InChI=1S/C12H18N2O/c1-13-6-5-11-14-7-10(15-11)12-8-3-2-4-9(8)12/h7-9,12-13H,2-6H2,1H3. The molecule has 3 nitrogen and oxygen atoms in total. The van der Waals surface area contributed by atoms with Gasteiger partial charge < -0.3 is 9.73 Å². The van der Waals surface area contributed by atoms with Crippen molar-refractivity contribution in [3.63, 3.8) is 0 Å². The maximum absolute atomic E-state index is 5.79. The first-order valence-electron chi connectivity index (χ1n) is 5.99. The fourth-order valence-electron chi connectivity index (χ4n) is 3.07. The Morgan fingerprint density at radius 2 is 2.27 bits per heavy atom. The van der Waals surface area contributed by atoms with Crippen LogP contribution in [-0.4, -0.2) is 18.6 Å². The number of hydrogen-bond donors (Lipinski definition) is 1. The molecule has 2 saturated carbocycles. The Labute approximate surface area is 90.3 Å². The van der Waals surface area contributed by atoms with Gasteiger partial charge in [0.25, 0.3) is 0 Å². The molecule has 1 aromatic heterocycles. The molecule has 2 unspecified atom stereocenters. The molecule has 1 aromatic rings. The first kappa shape index (κ1) is 9.40. The molecule has 2 fully saturated rings. The molecule has 82 valence electrons. The molecule has 3 heteroatoms. The molecule has 0 saturated heterocycles. The number of likely N-dealkylation sites (N-methyl/N-ethyl adjacent to an activating group) is 1. The van der Waals surface area contributed by atoms with E-state index in [0.717, 1.165) is 42.4 Å². The van der Waals surface area contributed by atoms with Crippen molar-refractivity contribution in [2.75, 3.05) is 13.6 Å². The van der Waals surface area contributed by atoms with Gasteiger partial charge in [0.2, 0.25) is 0 Å². The lowest BCUT2D eigenvalue weighted by Crippen LogP contribution is -2.10. The zero-order chi connectivity index (χ0) is 10.3. The van der Waals surface area contributed by atoms with E-state index in [0.29, 0.717) is 0 Å². The number of nitrogens with one attached hydrogen (secondary N) is 1. The van der Waals surface area contributed by atoms with Gasteiger partial charge in [0, 0.05) is 18.9 Å². The van der Waals surface area contributed by atoms with Gasteiger partial charge in [-0.15, -0.1) is 0 Å². The van der Waals surface area contributed by atoms with Crippen LogP contribution in [0, 0.1) is 11.8 Å². The van der Waals surface area contributed by atoms with Crippen molar-refractivity contribution in [2.45, 2.75) is 31.6 Å². The highest BCUT2D eigenvalue weighted by atomic mass is 16.4. The second-order valence-electron chi connectivity index (χ2n) is 4.79. The topological polar surface area (TPSA) is 38.1 Å². The molecule has 1 heterocycles. The zero-order valence-electron chi connectivity index (χ0n) is 9.20. The summed E-state index contributed by atoms with van der Waals surface area (Å²) in [5.74, 6) is 4.61. The average Bonchev–Trinajstić information content (AvgIpc) is 2.73. The lowest BCUT2D eigenvalue weighted by atomic mass is 10.1. The number of oxazole rings is 1. The highest BCUT2D eigenvalue weighted by Crippen LogP contribution is 2.63. The first-order chi connectivity index (χ1) is 7.40. The number of nitrogens with zero attached hydrogens (tertiary/aromatic N) is 1. The summed E-state index contributed by atoms with van der Waals surface area (Å²) in [6.45, 7) is 0.942. The summed E-state index contributed by atoms with van der Waals surface area (Å²) in [6, 6.07) is 0. The Bertz CT molecular complexity index is 337. The SMILES string of the molecule is CNCCc1ncc(C2C3CCCC32)o1. The summed E-state index contributed by atoms with van der Waals surface area (Å²) < 4.78 is 5.79. The summed E-state index contributed by atoms with van der Waals surface area (Å²) in [7, 11) is 1.95. The Morgan fingerprint density at radius 3 is 3.00 bits per heavy atom. The fraction of sp³-hybridized carbons (Fsp3) is 0.750.